The summed E-state index contributed by atoms with van der Waals surface area (Å²) in [6.07, 6.45) is 12.5. The lowest BCUT2D eigenvalue weighted by Gasteiger charge is -2.42. The Bertz CT molecular complexity index is 889. The highest BCUT2D eigenvalue weighted by atomic mass is 15.5. The Hall–Kier alpha value is -0.480. The van der Waals surface area contributed by atoms with E-state index in [0.29, 0.717) is 72.5 Å². The van der Waals surface area contributed by atoms with Gasteiger partial charge in [-0.25, -0.2) is 0 Å². The molecule has 44 heavy (non-hydrogen) atoms. The summed E-state index contributed by atoms with van der Waals surface area (Å²) >= 11 is 0. The smallest absolute Gasteiger partial charge is 0.0760 e. The lowest BCUT2D eigenvalue weighted by atomic mass is 9.86. The van der Waals surface area contributed by atoms with E-state index in [1.807, 2.05) is 0 Å². The molecule has 8 atom stereocenters. The first-order valence-corrected chi connectivity index (χ1v) is 18.3. The zero-order chi connectivity index (χ0) is 29.7. The average Bonchev–Trinajstić information content (AvgIpc) is 3.74. The van der Waals surface area contributed by atoms with E-state index in [1.165, 1.54) is 77.5 Å². The minimum absolute atomic E-state index is 0.264. The summed E-state index contributed by atoms with van der Waals surface area (Å²) in [7, 11) is 9.45. The Morgan fingerprint density at radius 3 is 0.727 bits per heavy atom. The highest BCUT2D eigenvalue weighted by Gasteiger charge is 2.56. The van der Waals surface area contributed by atoms with E-state index in [1.54, 1.807) is 0 Å². The van der Waals surface area contributed by atoms with Crippen molar-refractivity contribution in [2.45, 2.75) is 125 Å². The fraction of sp³-hybridized carbons (Fsp3) is 1.00. The van der Waals surface area contributed by atoms with Gasteiger partial charge in [-0.1, -0.05) is 0 Å². The zero-order valence-electron chi connectivity index (χ0n) is 27.5. The van der Waals surface area contributed by atoms with E-state index < -0.39 is 0 Å². The summed E-state index contributed by atoms with van der Waals surface area (Å²) in [5, 5.41) is 33.6. The fourth-order valence-electron chi connectivity index (χ4n) is 12.1. The Balaban J connectivity index is 1.08. The summed E-state index contributed by atoms with van der Waals surface area (Å²) in [6.45, 7) is 4.77. The molecule has 8 bridgehead atoms. The van der Waals surface area contributed by atoms with Crippen molar-refractivity contribution in [3.63, 3.8) is 0 Å². The molecular formula is C32H60N12. The molecule has 0 saturated carbocycles. The van der Waals surface area contributed by atoms with Crippen molar-refractivity contribution in [2.24, 2.45) is 23.7 Å². The highest BCUT2D eigenvalue weighted by molar-refractivity contribution is 5.13. The van der Waals surface area contributed by atoms with Crippen LogP contribution < -0.4 is 42.5 Å². The number of likely N-dealkylation sites (tertiary alicyclic amines) is 4. The van der Waals surface area contributed by atoms with Gasteiger partial charge in [0.05, 0.1) is 49.3 Å². The van der Waals surface area contributed by atoms with Crippen LogP contribution in [-0.2, 0) is 0 Å². The molecule has 0 aliphatic carbocycles. The second-order valence-electron chi connectivity index (χ2n) is 16.3. The van der Waals surface area contributed by atoms with E-state index >= 15 is 0 Å². The summed E-state index contributed by atoms with van der Waals surface area (Å²) in [6, 6.07) is 1.99. The van der Waals surface area contributed by atoms with Crippen molar-refractivity contribution in [3.05, 3.63) is 0 Å². The molecule has 0 spiro atoms. The number of nitrogens with one attached hydrogen (secondary N) is 8. The molecule has 9 aliphatic rings. The summed E-state index contributed by atoms with van der Waals surface area (Å²) in [5.74, 6) is 2.38. The van der Waals surface area contributed by atoms with Gasteiger partial charge in [0.15, 0.2) is 0 Å². The van der Waals surface area contributed by atoms with E-state index in [-0.39, 0.29) is 24.7 Å². The number of likely N-dealkylation sites (N-methyl/N-ethyl adjacent to an activating group) is 4. The normalized spacial score (nSPS) is 55.4. The van der Waals surface area contributed by atoms with Gasteiger partial charge in [0, 0.05) is 47.8 Å². The molecule has 248 valence electrons. The Labute approximate surface area is 264 Å². The van der Waals surface area contributed by atoms with Crippen molar-refractivity contribution in [1.82, 2.24) is 62.1 Å². The molecular weight excluding hydrogens is 552 g/mol. The van der Waals surface area contributed by atoms with Gasteiger partial charge in [-0.3, -0.25) is 42.5 Å². The lowest BCUT2D eigenvalue weighted by Crippen LogP contribution is -2.63. The first-order chi connectivity index (χ1) is 21.4. The molecule has 0 amide bonds. The van der Waals surface area contributed by atoms with Crippen molar-refractivity contribution in [1.29, 1.82) is 0 Å². The summed E-state index contributed by atoms with van der Waals surface area (Å²) in [4.78, 5) is 10.6. The second kappa shape index (κ2) is 11.6. The topological polar surface area (TPSA) is 109 Å². The summed E-state index contributed by atoms with van der Waals surface area (Å²) in [5.41, 5.74) is 0. The molecule has 0 aromatic heterocycles. The van der Waals surface area contributed by atoms with Gasteiger partial charge in [0.1, 0.15) is 0 Å². The molecule has 9 rings (SSSR count). The van der Waals surface area contributed by atoms with Crippen molar-refractivity contribution < 1.29 is 0 Å². The van der Waals surface area contributed by atoms with Crippen LogP contribution in [0.1, 0.15) is 51.4 Å². The SMILES string of the molecule is CN1CCCC2C3NC(NC4NC(NC5NC(NC6NC(N3)C3C6CCCN3C)C3C5CCCN3C)C3C4CCCN3C)C21. The van der Waals surface area contributed by atoms with Crippen LogP contribution in [0.25, 0.3) is 0 Å². The van der Waals surface area contributed by atoms with Crippen LogP contribution in [0, 0.1) is 23.7 Å². The van der Waals surface area contributed by atoms with Crippen LogP contribution in [0.3, 0.4) is 0 Å². The van der Waals surface area contributed by atoms with Crippen molar-refractivity contribution >= 4 is 0 Å². The third-order valence-corrected chi connectivity index (χ3v) is 13.9. The molecule has 8 N–H and O–H groups in total. The summed E-state index contributed by atoms with van der Waals surface area (Å²) < 4.78 is 0. The second-order valence-corrected chi connectivity index (χ2v) is 16.3. The van der Waals surface area contributed by atoms with Gasteiger partial charge in [-0.15, -0.1) is 0 Å². The quantitative estimate of drug-likeness (QED) is 0.159. The number of hydrogen-bond acceptors (Lipinski definition) is 12. The molecule has 9 aliphatic heterocycles. The minimum Gasteiger partial charge on any atom is -0.300 e. The van der Waals surface area contributed by atoms with Gasteiger partial charge in [-0.05, 0) is 106 Å². The van der Waals surface area contributed by atoms with E-state index in [9.17, 15) is 0 Å². The first-order valence-electron chi connectivity index (χ1n) is 18.3. The lowest BCUT2D eigenvalue weighted by molar-refractivity contribution is 0.0810. The van der Waals surface area contributed by atoms with E-state index in [4.69, 9.17) is 0 Å². The predicted molar refractivity (Wildman–Crippen MR) is 172 cm³/mol. The molecule has 0 aromatic carbocycles. The fourth-order valence-corrected chi connectivity index (χ4v) is 12.1. The number of rotatable bonds is 0. The van der Waals surface area contributed by atoms with Gasteiger partial charge in [0.2, 0.25) is 0 Å². The van der Waals surface area contributed by atoms with Crippen LogP contribution >= 0.6 is 0 Å². The van der Waals surface area contributed by atoms with E-state index in [0.717, 1.165) is 0 Å². The molecule has 0 radical (unpaired) electrons. The maximum atomic E-state index is 4.24. The van der Waals surface area contributed by atoms with Gasteiger partial charge in [-0.2, -0.15) is 0 Å². The van der Waals surface area contributed by atoms with Gasteiger partial charge in [0.25, 0.3) is 0 Å². The number of nitrogens with zero attached hydrogens (tertiary/aromatic N) is 4. The third-order valence-electron chi connectivity index (χ3n) is 13.9. The Morgan fingerprint density at radius 2 is 0.523 bits per heavy atom. The Kier molecular flexibility index (Phi) is 7.81. The maximum Gasteiger partial charge on any atom is 0.0760 e. The number of hydrogen-bond donors (Lipinski definition) is 8. The number of fused-ring (bicyclic) bond motifs is 20. The zero-order valence-corrected chi connectivity index (χ0v) is 27.5. The van der Waals surface area contributed by atoms with Crippen LogP contribution in [0.4, 0.5) is 0 Å². The minimum atomic E-state index is 0.264. The van der Waals surface area contributed by atoms with Crippen LogP contribution in [0.15, 0.2) is 0 Å². The largest absolute Gasteiger partial charge is 0.300 e. The van der Waals surface area contributed by atoms with Crippen molar-refractivity contribution in [2.75, 3.05) is 54.4 Å². The van der Waals surface area contributed by atoms with Crippen molar-refractivity contribution in [3.8, 4) is 0 Å². The van der Waals surface area contributed by atoms with E-state index in [2.05, 4.69) is 90.3 Å². The van der Waals surface area contributed by atoms with Crippen LogP contribution in [-0.4, -0.2) is 147 Å². The van der Waals surface area contributed by atoms with Gasteiger partial charge < -0.3 is 19.6 Å². The molecule has 12 nitrogen and oxygen atoms in total. The third kappa shape index (κ3) is 4.77. The Morgan fingerprint density at radius 1 is 0.318 bits per heavy atom. The average molecular weight is 613 g/mol. The molecule has 12 heteroatoms. The molecule has 9 heterocycles. The first kappa shape index (κ1) is 29.6. The maximum absolute atomic E-state index is 4.24. The predicted octanol–water partition coefficient (Wildman–Crippen LogP) is -1.78. The van der Waals surface area contributed by atoms with Gasteiger partial charge >= 0.3 is 0 Å². The molecule has 9 fully saturated rings. The molecule has 9 saturated heterocycles. The standard InChI is InChI=1S/C32H60N12/c1-41-13-5-9-17-21(41)29-33-25(17)38-30-23-19(11-7-15-43(23)3)27(35-30)40-32-24-20(12-8-16-44(24)4)28(36-32)39-31-22-18(26(34-31)37-29)10-6-14-42(22)2/h17-40H,5-16H2,1-4H3. The van der Waals surface area contributed by atoms with Crippen LogP contribution in [0.5, 0.6) is 0 Å². The van der Waals surface area contributed by atoms with Crippen LogP contribution in [0.2, 0.25) is 0 Å². The number of piperidine rings is 4. The molecule has 8 unspecified atom stereocenters. The molecule has 0 aromatic rings. The highest BCUT2D eigenvalue weighted by Crippen LogP contribution is 2.39. The monoisotopic (exact) mass is 613 g/mol.